The van der Waals surface area contributed by atoms with Gasteiger partial charge in [-0.05, 0) is 36.2 Å². The third-order valence-electron chi connectivity index (χ3n) is 4.39. The van der Waals surface area contributed by atoms with E-state index in [4.69, 9.17) is 9.84 Å². The molecular formula is C20H20N2O5. The van der Waals surface area contributed by atoms with Crippen LogP contribution in [0.4, 0.5) is 4.79 Å². The van der Waals surface area contributed by atoms with Crippen molar-refractivity contribution in [3.8, 4) is 0 Å². The number of alkyl carbamates (subject to hydrolysis) is 1. The van der Waals surface area contributed by atoms with E-state index in [2.05, 4.69) is 5.32 Å². The topological polar surface area (TPSA) is 95.9 Å². The molecule has 0 unspecified atom stereocenters. The summed E-state index contributed by atoms with van der Waals surface area (Å²) in [6.45, 7) is 1.10. The number of hydrogen-bond acceptors (Lipinski definition) is 4. The minimum Gasteiger partial charge on any atom is -0.478 e. The number of hydrogen-bond donors (Lipinski definition) is 2. The molecule has 7 nitrogen and oxygen atoms in total. The van der Waals surface area contributed by atoms with Crippen molar-refractivity contribution in [2.45, 2.75) is 19.1 Å². The third-order valence-corrected chi connectivity index (χ3v) is 4.39. The highest BCUT2D eigenvalue weighted by Gasteiger charge is 2.28. The number of carbonyl (C=O) groups excluding carboxylic acids is 2. The van der Waals surface area contributed by atoms with Crippen LogP contribution in [0.15, 0.2) is 54.6 Å². The van der Waals surface area contributed by atoms with Crippen molar-refractivity contribution in [2.75, 3.05) is 13.1 Å². The molecule has 2 N–H and O–H groups in total. The highest BCUT2D eigenvalue weighted by atomic mass is 16.5. The highest BCUT2D eigenvalue weighted by molar-refractivity contribution is 5.96. The zero-order chi connectivity index (χ0) is 19.2. The van der Waals surface area contributed by atoms with Crippen molar-refractivity contribution in [1.82, 2.24) is 10.2 Å². The Morgan fingerprint density at radius 3 is 2.37 bits per heavy atom. The molecule has 2 aromatic rings. The maximum absolute atomic E-state index is 12.5. The minimum absolute atomic E-state index is 0.133. The number of rotatable bonds is 5. The SMILES string of the molecule is O=C(N[C@H]1CCN(C(=O)c2ccc(C(=O)O)cc2)C1)OCc1ccccc1. The van der Waals surface area contributed by atoms with Crippen LogP contribution in [0.25, 0.3) is 0 Å². The smallest absolute Gasteiger partial charge is 0.407 e. The van der Waals surface area contributed by atoms with Gasteiger partial charge in [-0.15, -0.1) is 0 Å². The normalized spacial score (nSPS) is 16.0. The number of nitrogens with one attached hydrogen (secondary N) is 1. The number of benzene rings is 2. The van der Waals surface area contributed by atoms with Crippen LogP contribution in [-0.2, 0) is 11.3 Å². The van der Waals surface area contributed by atoms with E-state index >= 15 is 0 Å². The lowest BCUT2D eigenvalue weighted by Crippen LogP contribution is -2.38. The van der Waals surface area contributed by atoms with Crippen molar-refractivity contribution < 1.29 is 24.2 Å². The molecule has 140 valence electrons. The Morgan fingerprint density at radius 2 is 1.70 bits per heavy atom. The predicted molar refractivity (Wildman–Crippen MR) is 97.5 cm³/mol. The fourth-order valence-corrected chi connectivity index (χ4v) is 2.93. The maximum Gasteiger partial charge on any atom is 0.407 e. The average molecular weight is 368 g/mol. The quantitative estimate of drug-likeness (QED) is 0.845. The number of carboxylic acid groups (broad SMARTS) is 1. The molecule has 1 aliphatic rings. The first-order valence-electron chi connectivity index (χ1n) is 8.63. The standard InChI is InChI=1S/C20H20N2O5/c23-18(15-6-8-16(9-7-15)19(24)25)22-11-10-17(12-22)21-20(26)27-13-14-4-2-1-3-5-14/h1-9,17H,10-13H2,(H,21,26)(H,24,25)/t17-/m0/s1. The van der Waals surface area contributed by atoms with Crippen molar-refractivity contribution in [2.24, 2.45) is 0 Å². The summed E-state index contributed by atoms with van der Waals surface area (Å²) in [5, 5.41) is 11.7. The van der Waals surface area contributed by atoms with Crippen LogP contribution in [0.2, 0.25) is 0 Å². The summed E-state index contributed by atoms with van der Waals surface area (Å²) in [5.74, 6) is -1.22. The summed E-state index contributed by atoms with van der Waals surface area (Å²) in [5.41, 5.74) is 1.46. The molecule has 1 heterocycles. The van der Waals surface area contributed by atoms with Gasteiger partial charge in [-0.25, -0.2) is 9.59 Å². The van der Waals surface area contributed by atoms with E-state index in [0.29, 0.717) is 25.1 Å². The summed E-state index contributed by atoms with van der Waals surface area (Å²) in [6.07, 6.45) is 0.128. The lowest BCUT2D eigenvalue weighted by atomic mass is 10.1. The molecule has 0 saturated carbocycles. The molecule has 0 aromatic heterocycles. The minimum atomic E-state index is -1.03. The second-order valence-corrected chi connectivity index (χ2v) is 6.33. The first-order valence-corrected chi connectivity index (χ1v) is 8.63. The van der Waals surface area contributed by atoms with E-state index in [1.165, 1.54) is 24.3 Å². The van der Waals surface area contributed by atoms with Gasteiger partial charge in [-0.3, -0.25) is 4.79 Å². The fourth-order valence-electron chi connectivity index (χ4n) is 2.93. The lowest BCUT2D eigenvalue weighted by molar-refractivity contribution is 0.0695. The van der Waals surface area contributed by atoms with Crippen molar-refractivity contribution in [1.29, 1.82) is 0 Å². The van der Waals surface area contributed by atoms with E-state index in [0.717, 1.165) is 5.56 Å². The fraction of sp³-hybridized carbons (Fsp3) is 0.250. The van der Waals surface area contributed by atoms with Crippen molar-refractivity contribution in [3.63, 3.8) is 0 Å². The van der Waals surface area contributed by atoms with Gasteiger partial charge in [0.25, 0.3) is 5.91 Å². The largest absolute Gasteiger partial charge is 0.478 e. The zero-order valence-electron chi connectivity index (χ0n) is 14.6. The van der Waals surface area contributed by atoms with Crippen LogP contribution in [0.5, 0.6) is 0 Å². The number of carboxylic acids is 1. The van der Waals surface area contributed by atoms with Gasteiger partial charge in [0.15, 0.2) is 0 Å². The second kappa shape index (κ2) is 8.35. The average Bonchev–Trinajstić information content (AvgIpc) is 3.15. The lowest BCUT2D eigenvalue weighted by Gasteiger charge is -2.17. The van der Waals surface area contributed by atoms with Gasteiger partial charge < -0.3 is 20.1 Å². The van der Waals surface area contributed by atoms with Crippen molar-refractivity contribution in [3.05, 3.63) is 71.3 Å². The summed E-state index contributed by atoms with van der Waals surface area (Å²) in [6, 6.07) is 15.0. The number of nitrogens with zero attached hydrogens (tertiary/aromatic N) is 1. The molecule has 3 rings (SSSR count). The molecule has 0 bridgehead atoms. The molecular weight excluding hydrogens is 348 g/mol. The van der Waals surface area contributed by atoms with Gasteiger partial charge in [0.2, 0.25) is 0 Å². The molecule has 7 heteroatoms. The molecule has 1 atom stereocenters. The third kappa shape index (κ3) is 4.84. The van der Waals surface area contributed by atoms with Crippen molar-refractivity contribution >= 4 is 18.0 Å². The molecule has 0 aliphatic carbocycles. The molecule has 2 amide bonds. The second-order valence-electron chi connectivity index (χ2n) is 6.33. The first-order chi connectivity index (χ1) is 13.0. The molecule has 0 radical (unpaired) electrons. The van der Waals surface area contributed by atoms with Gasteiger partial charge >= 0.3 is 12.1 Å². The molecule has 1 aliphatic heterocycles. The van der Waals surface area contributed by atoms with Crippen LogP contribution in [-0.4, -0.2) is 47.1 Å². The molecule has 1 fully saturated rings. The maximum atomic E-state index is 12.5. The van der Waals surface area contributed by atoms with Crippen LogP contribution >= 0.6 is 0 Å². The van der Waals surface area contributed by atoms with E-state index in [-0.39, 0.29) is 24.1 Å². The molecule has 1 saturated heterocycles. The van der Waals surface area contributed by atoms with Crippen LogP contribution in [0, 0.1) is 0 Å². The Morgan fingerprint density at radius 1 is 1.04 bits per heavy atom. The first kappa shape index (κ1) is 18.4. The monoisotopic (exact) mass is 368 g/mol. The van der Waals surface area contributed by atoms with E-state index in [9.17, 15) is 14.4 Å². The van der Waals surface area contributed by atoms with Gasteiger partial charge in [0, 0.05) is 18.7 Å². The summed E-state index contributed by atoms with van der Waals surface area (Å²) >= 11 is 0. The number of aromatic carboxylic acids is 1. The summed E-state index contributed by atoms with van der Waals surface area (Å²) in [7, 11) is 0. The number of amides is 2. The van der Waals surface area contributed by atoms with Crippen LogP contribution in [0.3, 0.4) is 0 Å². The summed E-state index contributed by atoms with van der Waals surface area (Å²) < 4.78 is 5.20. The predicted octanol–water partition coefficient (Wildman–Crippen LogP) is 2.53. The number of likely N-dealkylation sites (tertiary alicyclic amines) is 1. The van der Waals surface area contributed by atoms with Gasteiger partial charge in [-0.1, -0.05) is 30.3 Å². The number of carbonyl (C=O) groups is 3. The van der Waals surface area contributed by atoms with E-state index < -0.39 is 12.1 Å². The van der Waals surface area contributed by atoms with Gasteiger partial charge in [0.1, 0.15) is 6.61 Å². The van der Waals surface area contributed by atoms with Gasteiger partial charge in [-0.2, -0.15) is 0 Å². The van der Waals surface area contributed by atoms with E-state index in [1.807, 2.05) is 30.3 Å². The Bertz CT molecular complexity index is 820. The van der Waals surface area contributed by atoms with Crippen LogP contribution < -0.4 is 5.32 Å². The molecule has 27 heavy (non-hydrogen) atoms. The summed E-state index contributed by atoms with van der Waals surface area (Å²) in [4.78, 5) is 36.9. The van der Waals surface area contributed by atoms with E-state index in [1.54, 1.807) is 4.90 Å². The Hall–Kier alpha value is -3.35. The molecule has 2 aromatic carbocycles. The number of ether oxygens (including phenoxy) is 1. The van der Waals surface area contributed by atoms with Crippen LogP contribution in [0.1, 0.15) is 32.7 Å². The Labute approximate surface area is 156 Å². The Balaban J connectivity index is 1.48. The zero-order valence-corrected chi connectivity index (χ0v) is 14.6. The molecule has 0 spiro atoms. The van der Waals surface area contributed by atoms with Gasteiger partial charge in [0.05, 0.1) is 11.6 Å². The highest BCUT2D eigenvalue weighted by Crippen LogP contribution is 2.15. The Kier molecular flexibility index (Phi) is 5.71.